The molecule has 0 spiro atoms. The smallest absolute Gasteiger partial charge is 0.0828 e. The van der Waals surface area contributed by atoms with Crippen molar-refractivity contribution in [1.29, 1.82) is 0 Å². The van der Waals surface area contributed by atoms with Crippen LogP contribution in [-0.4, -0.2) is 67.9 Å². The fourth-order valence-electron chi connectivity index (χ4n) is 4.05. The summed E-state index contributed by atoms with van der Waals surface area (Å²) in [6.07, 6.45) is 4.93. The van der Waals surface area contributed by atoms with E-state index in [1.54, 1.807) is 0 Å². The summed E-state index contributed by atoms with van der Waals surface area (Å²) in [7, 11) is 1.85. The van der Waals surface area contributed by atoms with Gasteiger partial charge in [0.05, 0.1) is 11.7 Å². The van der Waals surface area contributed by atoms with Crippen LogP contribution in [0.1, 0.15) is 38.2 Å². The van der Waals surface area contributed by atoms with Crippen LogP contribution in [0.3, 0.4) is 0 Å². The van der Waals surface area contributed by atoms with Gasteiger partial charge in [0.1, 0.15) is 0 Å². The third kappa shape index (κ3) is 5.78. The van der Waals surface area contributed by atoms with Gasteiger partial charge in [0.2, 0.25) is 0 Å². The van der Waals surface area contributed by atoms with Crippen molar-refractivity contribution in [3.05, 3.63) is 35.9 Å². The predicted molar refractivity (Wildman–Crippen MR) is 102 cm³/mol. The van der Waals surface area contributed by atoms with Crippen molar-refractivity contribution in [2.75, 3.05) is 46.4 Å². The Hall–Kier alpha value is -0.940. The Balaban J connectivity index is 1.52. The normalized spacial score (nSPS) is 29.9. The first-order chi connectivity index (χ1) is 12.2. The fourth-order valence-corrected chi connectivity index (χ4v) is 4.05. The van der Waals surface area contributed by atoms with Gasteiger partial charge in [0, 0.05) is 46.4 Å². The van der Waals surface area contributed by atoms with Crippen LogP contribution in [0.2, 0.25) is 0 Å². The highest BCUT2D eigenvalue weighted by molar-refractivity contribution is 5.14. The maximum absolute atomic E-state index is 6.18. The van der Waals surface area contributed by atoms with Gasteiger partial charge in [-0.25, -0.2) is 0 Å². The summed E-state index contributed by atoms with van der Waals surface area (Å²) < 4.78 is 11.9. The first-order valence-electron chi connectivity index (χ1n) is 9.82. The third-order valence-corrected chi connectivity index (χ3v) is 5.77. The molecule has 1 aromatic rings. The summed E-state index contributed by atoms with van der Waals surface area (Å²) in [5, 5.41) is 0. The molecule has 2 unspecified atom stereocenters. The average Bonchev–Trinajstić information content (AvgIpc) is 2.95. The first kappa shape index (κ1) is 18.8. The van der Waals surface area contributed by atoms with Crippen molar-refractivity contribution in [2.24, 2.45) is 0 Å². The number of ether oxygens (including phenoxy) is 2. The van der Waals surface area contributed by atoms with Gasteiger partial charge in [0.25, 0.3) is 0 Å². The second-order valence-electron chi connectivity index (χ2n) is 7.88. The standard InChI is InChI=1S/C21H34N2O2/c1-21(24-2)10-6-12-22(14-11-21)17-20-18-23(13-7-15-25-20)16-19-8-4-3-5-9-19/h3-5,8-9,20H,6-7,10-18H2,1-2H3. The third-order valence-electron chi connectivity index (χ3n) is 5.77. The van der Waals surface area contributed by atoms with Crippen LogP contribution in [0.5, 0.6) is 0 Å². The second kappa shape index (κ2) is 9.13. The van der Waals surface area contributed by atoms with E-state index in [-0.39, 0.29) is 5.60 Å². The maximum atomic E-state index is 6.18. The highest BCUT2D eigenvalue weighted by atomic mass is 16.5. The van der Waals surface area contributed by atoms with Crippen LogP contribution >= 0.6 is 0 Å². The van der Waals surface area contributed by atoms with Crippen LogP contribution in [-0.2, 0) is 16.0 Å². The molecule has 0 amide bonds. The van der Waals surface area contributed by atoms with Crippen LogP contribution < -0.4 is 0 Å². The largest absolute Gasteiger partial charge is 0.378 e. The molecule has 3 rings (SSSR count). The van der Waals surface area contributed by atoms with Crippen molar-refractivity contribution in [1.82, 2.24) is 9.80 Å². The average molecular weight is 347 g/mol. The predicted octanol–water partition coefficient (Wildman–Crippen LogP) is 3.17. The summed E-state index contributed by atoms with van der Waals surface area (Å²) in [4.78, 5) is 5.14. The molecule has 0 aliphatic carbocycles. The molecule has 0 aromatic heterocycles. The molecule has 4 nitrogen and oxygen atoms in total. The van der Waals surface area contributed by atoms with Crippen molar-refractivity contribution in [2.45, 2.75) is 50.9 Å². The molecule has 2 aliphatic heterocycles. The lowest BCUT2D eigenvalue weighted by molar-refractivity contribution is -0.00881. The zero-order chi connectivity index (χ0) is 17.5. The quantitative estimate of drug-likeness (QED) is 0.818. The summed E-state index contributed by atoms with van der Waals surface area (Å²) >= 11 is 0. The Bertz CT molecular complexity index is 510. The van der Waals surface area contributed by atoms with Crippen molar-refractivity contribution in [3.63, 3.8) is 0 Å². The van der Waals surface area contributed by atoms with Crippen LogP contribution in [0.4, 0.5) is 0 Å². The van der Waals surface area contributed by atoms with Crippen molar-refractivity contribution < 1.29 is 9.47 Å². The SMILES string of the molecule is COC1(C)CCCN(CC2CN(Cc3ccccc3)CCCO2)CC1. The Morgan fingerprint density at radius 3 is 2.68 bits per heavy atom. The van der Waals surface area contributed by atoms with Gasteiger partial charge in [-0.05, 0) is 44.7 Å². The number of rotatable bonds is 5. The summed E-state index contributed by atoms with van der Waals surface area (Å²) in [6.45, 7) is 9.66. The molecule has 0 bridgehead atoms. The van der Waals surface area contributed by atoms with Crippen LogP contribution in [0, 0.1) is 0 Å². The topological polar surface area (TPSA) is 24.9 Å². The van der Waals surface area contributed by atoms with E-state index in [1.165, 1.54) is 12.0 Å². The number of likely N-dealkylation sites (tertiary alicyclic amines) is 1. The Morgan fingerprint density at radius 2 is 1.88 bits per heavy atom. The molecule has 2 aliphatic rings. The fraction of sp³-hybridized carbons (Fsp3) is 0.714. The number of benzene rings is 1. The zero-order valence-corrected chi connectivity index (χ0v) is 16.0. The van der Waals surface area contributed by atoms with E-state index in [1.807, 2.05) is 7.11 Å². The molecule has 25 heavy (non-hydrogen) atoms. The monoisotopic (exact) mass is 346 g/mol. The number of hydrogen-bond donors (Lipinski definition) is 0. The number of hydrogen-bond acceptors (Lipinski definition) is 4. The molecule has 2 saturated heterocycles. The lowest BCUT2D eigenvalue weighted by atomic mass is 9.97. The highest BCUT2D eigenvalue weighted by Gasteiger charge is 2.29. The van der Waals surface area contributed by atoms with Gasteiger partial charge in [-0.1, -0.05) is 30.3 Å². The van der Waals surface area contributed by atoms with Gasteiger partial charge in [-0.2, -0.15) is 0 Å². The summed E-state index contributed by atoms with van der Waals surface area (Å²) in [6, 6.07) is 10.8. The lowest BCUT2D eigenvalue weighted by Crippen LogP contribution is -2.41. The van der Waals surface area contributed by atoms with E-state index in [4.69, 9.17) is 9.47 Å². The molecule has 2 heterocycles. The van der Waals surface area contributed by atoms with E-state index >= 15 is 0 Å². The summed E-state index contributed by atoms with van der Waals surface area (Å²) in [5.74, 6) is 0. The zero-order valence-electron chi connectivity index (χ0n) is 16.0. The molecular formula is C21H34N2O2. The van der Waals surface area contributed by atoms with Gasteiger partial charge >= 0.3 is 0 Å². The molecule has 2 fully saturated rings. The highest BCUT2D eigenvalue weighted by Crippen LogP contribution is 2.25. The lowest BCUT2D eigenvalue weighted by Gasteiger charge is -2.29. The van der Waals surface area contributed by atoms with Crippen molar-refractivity contribution in [3.8, 4) is 0 Å². The minimum atomic E-state index is 0.0540. The molecule has 2 atom stereocenters. The Kier molecular flexibility index (Phi) is 6.88. The first-order valence-corrected chi connectivity index (χ1v) is 9.82. The molecule has 0 radical (unpaired) electrons. The molecule has 140 valence electrons. The van der Waals surface area contributed by atoms with E-state index in [9.17, 15) is 0 Å². The minimum Gasteiger partial charge on any atom is -0.378 e. The second-order valence-corrected chi connectivity index (χ2v) is 7.88. The molecule has 1 aromatic carbocycles. The molecular weight excluding hydrogens is 312 g/mol. The van der Waals surface area contributed by atoms with E-state index in [2.05, 4.69) is 47.1 Å². The van der Waals surface area contributed by atoms with Gasteiger partial charge < -0.3 is 14.4 Å². The van der Waals surface area contributed by atoms with Gasteiger partial charge in [-0.15, -0.1) is 0 Å². The van der Waals surface area contributed by atoms with E-state index < -0.39 is 0 Å². The van der Waals surface area contributed by atoms with E-state index in [0.717, 1.165) is 65.1 Å². The molecule has 0 N–H and O–H groups in total. The molecule has 0 saturated carbocycles. The van der Waals surface area contributed by atoms with Gasteiger partial charge in [0.15, 0.2) is 0 Å². The summed E-state index contributed by atoms with van der Waals surface area (Å²) in [5.41, 5.74) is 1.45. The molecule has 4 heteroatoms. The van der Waals surface area contributed by atoms with Crippen LogP contribution in [0.25, 0.3) is 0 Å². The van der Waals surface area contributed by atoms with Crippen LogP contribution in [0.15, 0.2) is 30.3 Å². The minimum absolute atomic E-state index is 0.0540. The van der Waals surface area contributed by atoms with E-state index in [0.29, 0.717) is 6.10 Å². The van der Waals surface area contributed by atoms with Gasteiger partial charge in [-0.3, -0.25) is 4.90 Å². The number of nitrogens with zero attached hydrogens (tertiary/aromatic N) is 2. The Labute approximate surface area is 153 Å². The maximum Gasteiger partial charge on any atom is 0.0828 e. The Morgan fingerprint density at radius 1 is 1.08 bits per heavy atom. The number of methoxy groups -OCH3 is 1. The van der Waals surface area contributed by atoms with Crippen molar-refractivity contribution >= 4 is 0 Å².